The third-order valence-electron chi connectivity index (χ3n) is 5.23. The number of hydrogen-bond donors (Lipinski definition) is 0. The molecule has 2 aliphatic heterocycles. The normalized spacial score (nSPS) is 15.6. The molecule has 2 aliphatic rings. The molecule has 2 heterocycles. The highest BCUT2D eigenvalue weighted by atomic mass is 35.5. The summed E-state index contributed by atoms with van der Waals surface area (Å²) in [5, 5.41) is 10.9. The van der Waals surface area contributed by atoms with Crippen molar-refractivity contribution >= 4 is 36.3 Å². The van der Waals surface area contributed by atoms with Gasteiger partial charge in [0.05, 0.1) is 11.5 Å². The number of nitro benzene ring substituents is 1. The van der Waals surface area contributed by atoms with Crippen molar-refractivity contribution in [2.45, 2.75) is 13.0 Å². The van der Waals surface area contributed by atoms with Gasteiger partial charge in [-0.25, -0.2) is 0 Å². The molecule has 2 aromatic rings. The van der Waals surface area contributed by atoms with Crippen molar-refractivity contribution in [1.29, 1.82) is 0 Å². The topological polar surface area (TPSA) is 85.2 Å². The molecule has 0 aromatic heterocycles. The SMILES string of the molecule is Cl.Cl.O=C(Cc1cccc([N+](=O)[O-])c1)CN1CCN(Cc2ccc3c(c2)OCO3)CC1. The molecule has 0 unspecified atom stereocenters. The summed E-state index contributed by atoms with van der Waals surface area (Å²) in [5.41, 5.74) is 1.89. The summed E-state index contributed by atoms with van der Waals surface area (Å²) in [4.78, 5) is 27.3. The van der Waals surface area contributed by atoms with Crippen LogP contribution in [0.25, 0.3) is 0 Å². The summed E-state index contributed by atoms with van der Waals surface area (Å²) >= 11 is 0. The van der Waals surface area contributed by atoms with E-state index < -0.39 is 4.92 Å². The minimum atomic E-state index is -0.437. The van der Waals surface area contributed by atoms with Crippen molar-refractivity contribution in [3.8, 4) is 11.5 Å². The number of halogens is 2. The lowest BCUT2D eigenvalue weighted by molar-refractivity contribution is -0.384. The van der Waals surface area contributed by atoms with E-state index in [0.29, 0.717) is 12.1 Å². The van der Waals surface area contributed by atoms with Gasteiger partial charge in [0.2, 0.25) is 6.79 Å². The molecule has 31 heavy (non-hydrogen) atoms. The molecule has 2 aromatic carbocycles. The van der Waals surface area contributed by atoms with Crippen LogP contribution in [0.4, 0.5) is 5.69 Å². The van der Waals surface area contributed by atoms with Gasteiger partial charge in [-0.2, -0.15) is 0 Å². The van der Waals surface area contributed by atoms with E-state index in [-0.39, 0.29) is 49.5 Å². The third kappa shape index (κ3) is 6.54. The third-order valence-corrected chi connectivity index (χ3v) is 5.23. The van der Waals surface area contributed by atoms with Crippen LogP contribution in [-0.4, -0.2) is 60.0 Å². The summed E-state index contributed by atoms with van der Waals surface area (Å²) in [6.45, 7) is 4.92. The van der Waals surface area contributed by atoms with Crippen molar-refractivity contribution in [2.24, 2.45) is 0 Å². The Hall–Kier alpha value is -2.39. The number of carbonyl (C=O) groups is 1. The number of ketones is 1. The highest BCUT2D eigenvalue weighted by Gasteiger charge is 2.20. The molecular weight excluding hydrogens is 445 g/mol. The van der Waals surface area contributed by atoms with Crippen LogP contribution in [0, 0.1) is 10.1 Å². The number of fused-ring (bicyclic) bond motifs is 1. The largest absolute Gasteiger partial charge is 0.454 e. The monoisotopic (exact) mass is 469 g/mol. The minimum absolute atomic E-state index is 0. The van der Waals surface area contributed by atoms with Crippen molar-refractivity contribution in [1.82, 2.24) is 9.80 Å². The van der Waals surface area contributed by atoms with Crippen LogP contribution in [0.3, 0.4) is 0 Å². The number of nitro groups is 1. The number of rotatable bonds is 7. The zero-order chi connectivity index (χ0) is 20.2. The van der Waals surface area contributed by atoms with E-state index in [1.54, 1.807) is 12.1 Å². The Kier molecular flexibility index (Phi) is 9.06. The lowest BCUT2D eigenvalue weighted by Crippen LogP contribution is -2.47. The first-order valence-electron chi connectivity index (χ1n) is 9.65. The number of carbonyl (C=O) groups excluding carboxylic acids is 1. The van der Waals surface area contributed by atoms with Crippen molar-refractivity contribution in [2.75, 3.05) is 39.5 Å². The van der Waals surface area contributed by atoms with E-state index >= 15 is 0 Å². The van der Waals surface area contributed by atoms with Gasteiger partial charge in [0.1, 0.15) is 0 Å². The average Bonchev–Trinajstić information content (AvgIpc) is 3.17. The predicted octanol–water partition coefficient (Wildman–Crippen LogP) is 3.10. The van der Waals surface area contributed by atoms with Gasteiger partial charge in [-0.1, -0.05) is 18.2 Å². The molecule has 8 nitrogen and oxygen atoms in total. The molecule has 0 atom stereocenters. The summed E-state index contributed by atoms with van der Waals surface area (Å²) < 4.78 is 10.8. The maximum atomic E-state index is 12.4. The maximum absolute atomic E-state index is 12.4. The summed E-state index contributed by atoms with van der Waals surface area (Å²) in [6.07, 6.45) is 0.221. The van der Waals surface area contributed by atoms with Gasteiger partial charge in [-0.05, 0) is 23.3 Å². The molecule has 0 spiro atoms. The Morgan fingerprint density at radius 2 is 1.65 bits per heavy atom. The number of non-ortho nitro benzene ring substituents is 1. The zero-order valence-corrected chi connectivity index (χ0v) is 18.5. The Morgan fingerprint density at radius 1 is 0.935 bits per heavy atom. The van der Waals surface area contributed by atoms with Crippen molar-refractivity contribution in [3.05, 3.63) is 63.7 Å². The van der Waals surface area contributed by atoms with Crippen LogP contribution in [0.1, 0.15) is 11.1 Å². The molecule has 0 amide bonds. The average molecular weight is 470 g/mol. The standard InChI is InChI=1S/C21H23N3O5.2ClH/c25-19(11-16-2-1-3-18(10-16)24(26)27)14-23-8-6-22(7-9-23)13-17-4-5-20-21(12-17)29-15-28-20;;/h1-5,10,12H,6-9,11,13-15H2;2*1H. The minimum Gasteiger partial charge on any atom is -0.454 e. The fraction of sp³-hybridized carbons (Fsp3) is 0.381. The summed E-state index contributed by atoms with van der Waals surface area (Å²) in [5.74, 6) is 1.67. The van der Waals surface area contributed by atoms with Crippen LogP contribution in [-0.2, 0) is 17.8 Å². The Bertz CT molecular complexity index is 920. The molecular formula is C21H25Cl2N3O5. The highest BCUT2D eigenvalue weighted by molar-refractivity contribution is 5.85. The lowest BCUT2D eigenvalue weighted by Gasteiger charge is -2.34. The fourth-order valence-corrected chi connectivity index (χ4v) is 3.72. The smallest absolute Gasteiger partial charge is 0.269 e. The highest BCUT2D eigenvalue weighted by Crippen LogP contribution is 2.32. The van der Waals surface area contributed by atoms with Gasteiger partial charge in [-0.3, -0.25) is 24.7 Å². The lowest BCUT2D eigenvalue weighted by atomic mass is 10.1. The van der Waals surface area contributed by atoms with Gasteiger partial charge >= 0.3 is 0 Å². The second-order valence-corrected chi connectivity index (χ2v) is 7.38. The summed E-state index contributed by atoms with van der Waals surface area (Å²) in [6, 6.07) is 12.3. The number of benzene rings is 2. The molecule has 4 rings (SSSR count). The van der Waals surface area contributed by atoms with Crippen LogP contribution < -0.4 is 9.47 Å². The molecule has 0 radical (unpaired) electrons. The predicted molar refractivity (Wildman–Crippen MR) is 121 cm³/mol. The van der Waals surface area contributed by atoms with Crippen molar-refractivity contribution in [3.63, 3.8) is 0 Å². The quantitative estimate of drug-likeness (QED) is 0.454. The number of hydrogen-bond acceptors (Lipinski definition) is 7. The van der Waals surface area contributed by atoms with E-state index in [4.69, 9.17) is 9.47 Å². The Labute approximate surface area is 193 Å². The number of Topliss-reactive ketones (excluding diaryl/α,β-unsaturated/α-hetero) is 1. The van der Waals surface area contributed by atoms with Crippen molar-refractivity contribution < 1.29 is 19.2 Å². The molecule has 1 fully saturated rings. The number of nitrogens with zero attached hydrogens (tertiary/aromatic N) is 3. The van der Waals surface area contributed by atoms with Crippen LogP contribution in [0.5, 0.6) is 11.5 Å². The van der Waals surface area contributed by atoms with Crippen LogP contribution >= 0.6 is 24.8 Å². The molecule has 0 N–H and O–H groups in total. The first-order valence-corrected chi connectivity index (χ1v) is 9.65. The first-order chi connectivity index (χ1) is 14.1. The van der Waals surface area contributed by atoms with Crippen LogP contribution in [0.2, 0.25) is 0 Å². The second-order valence-electron chi connectivity index (χ2n) is 7.38. The van der Waals surface area contributed by atoms with Gasteiger partial charge < -0.3 is 9.47 Å². The maximum Gasteiger partial charge on any atom is 0.269 e. The molecule has 1 saturated heterocycles. The molecule has 0 bridgehead atoms. The second kappa shape index (κ2) is 11.3. The molecule has 10 heteroatoms. The van der Waals surface area contributed by atoms with Gasteiger partial charge in [0, 0.05) is 51.3 Å². The zero-order valence-electron chi connectivity index (χ0n) is 16.9. The first kappa shape index (κ1) is 24.9. The number of ether oxygens (including phenoxy) is 2. The van der Waals surface area contributed by atoms with E-state index in [1.165, 1.54) is 17.7 Å². The summed E-state index contributed by atoms with van der Waals surface area (Å²) in [7, 11) is 0. The van der Waals surface area contributed by atoms with Gasteiger partial charge in [-0.15, -0.1) is 24.8 Å². The Balaban J connectivity index is 0.00000171. The molecule has 0 aliphatic carbocycles. The molecule has 168 valence electrons. The van der Waals surface area contributed by atoms with E-state index in [1.807, 2.05) is 12.1 Å². The Morgan fingerprint density at radius 3 is 2.39 bits per heavy atom. The number of piperazine rings is 1. The molecule has 0 saturated carbocycles. The fourth-order valence-electron chi connectivity index (χ4n) is 3.72. The van der Waals surface area contributed by atoms with E-state index in [0.717, 1.165) is 44.2 Å². The van der Waals surface area contributed by atoms with E-state index in [9.17, 15) is 14.9 Å². The van der Waals surface area contributed by atoms with Gasteiger partial charge in [0.25, 0.3) is 5.69 Å². The van der Waals surface area contributed by atoms with Crippen LogP contribution in [0.15, 0.2) is 42.5 Å². The van der Waals surface area contributed by atoms with Gasteiger partial charge in [0.15, 0.2) is 17.3 Å². The van der Waals surface area contributed by atoms with E-state index in [2.05, 4.69) is 15.9 Å².